The summed E-state index contributed by atoms with van der Waals surface area (Å²) >= 11 is 0. The van der Waals surface area contributed by atoms with E-state index in [0.29, 0.717) is 36.8 Å². The van der Waals surface area contributed by atoms with Crippen LogP contribution < -0.4 is 9.47 Å². The number of rotatable bonds is 14. The lowest BCUT2D eigenvalue weighted by Gasteiger charge is -2.32. The van der Waals surface area contributed by atoms with E-state index in [1.54, 1.807) is 0 Å². The normalized spacial score (nSPS) is 22.5. The van der Waals surface area contributed by atoms with E-state index in [-0.39, 0.29) is 43.4 Å². The van der Waals surface area contributed by atoms with Crippen molar-refractivity contribution >= 4 is 0 Å². The summed E-state index contributed by atoms with van der Waals surface area (Å²) in [5, 5.41) is 0. The maximum atomic E-state index is 14.8. The summed E-state index contributed by atoms with van der Waals surface area (Å²) in [6.07, 6.45) is -3.73. The highest BCUT2D eigenvalue weighted by Crippen LogP contribution is 2.42. The Morgan fingerprint density at radius 3 is 2.13 bits per heavy atom. The molecule has 1 saturated carbocycles. The van der Waals surface area contributed by atoms with Crippen LogP contribution in [0.15, 0.2) is 61.1 Å². The lowest BCUT2D eigenvalue weighted by molar-refractivity contribution is -0.223. The second-order valence-corrected chi connectivity index (χ2v) is 11.5. The van der Waals surface area contributed by atoms with Crippen molar-refractivity contribution in [2.24, 2.45) is 17.8 Å². The average Bonchev–Trinajstić information content (AvgIpc) is 3.01. The molecule has 1 saturated heterocycles. The zero-order valence-electron chi connectivity index (χ0n) is 25.1. The molecule has 0 N–H and O–H groups in total. The largest absolute Gasteiger partial charge is 0.453 e. The van der Waals surface area contributed by atoms with Crippen LogP contribution in [0.25, 0.3) is 0 Å². The smallest absolute Gasteiger partial charge is 0.426 e. The molecular formula is C33H36F8O5. The van der Waals surface area contributed by atoms with Crippen molar-refractivity contribution in [3.8, 4) is 11.5 Å². The van der Waals surface area contributed by atoms with Crippen LogP contribution in [-0.4, -0.2) is 19.3 Å². The first kappa shape index (κ1) is 35.5. The van der Waals surface area contributed by atoms with Crippen molar-refractivity contribution in [1.29, 1.82) is 0 Å². The third-order valence-electron chi connectivity index (χ3n) is 8.01. The molecule has 0 radical (unpaired) electrons. The summed E-state index contributed by atoms with van der Waals surface area (Å²) in [6, 6.07) is 6.26. The second-order valence-electron chi connectivity index (χ2n) is 11.5. The van der Waals surface area contributed by atoms with Crippen LogP contribution in [0.2, 0.25) is 0 Å². The first-order valence-electron chi connectivity index (χ1n) is 15.2. The predicted octanol–water partition coefficient (Wildman–Crippen LogP) is 10.4. The number of unbranched alkanes of at least 4 members (excludes halogenated alkanes) is 2. The molecule has 254 valence electrons. The number of hydrogen-bond donors (Lipinski definition) is 0. The van der Waals surface area contributed by atoms with Gasteiger partial charge in [0.1, 0.15) is 5.75 Å². The summed E-state index contributed by atoms with van der Waals surface area (Å²) in [5.74, 6) is -6.41. The van der Waals surface area contributed by atoms with Crippen molar-refractivity contribution < 1.29 is 58.8 Å². The number of hydrogen-bond acceptors (Lipinski definition) is 5. The third-order valence-corrected chi connectivity index (χ3v) is 8.01. The van der Waals surface area contributed by atoms with Gasteiger partial charge in [-0.1, -0.05) is 38.3 Å². The molecule has 1 heterocycles. The number of halogens is 8. The number of alkyl halides is 4. The molecule has 5 nitrogen and oxygen atoms in total. The van der Waals surface area contributed by atoms with Crippen LogP contribution in [0.4, 0.5) is 35.1 Å². The minimum Gasteiger partial charge on any atom is -0.453 e. The fourth-order valence-corrected chi connectivity index (χ4v) is 5.42. The van der Waals surface area contributed by atoms with Gasteiger partial charge in [0, 0.05) is 23.6 Å². The maximum Gasteiger partial charge on any atom is 0.426 e. The summed E-state index contributed by atoms with van der Waals surface area (Å²) in [7, 11) is 0. The summed E-state index contributed by atoms with van der Waals surface area (Å²) in [5.41, 5.74) is 0.233. The van der Waals surface area contributed by atoms with Gasteiger partial charge in [0.15, 0.2) is 29.9 Å². The molecular weight excluding hydrogens is 628 g/mol. The van der Waals surface area contributed by atoms with Crippen molar-refractivity contribution in [2.45, 2.75) is 76.8 Å². The molecule has 46 heavy (non-hydrogen) atoms. The summed E-state index contributed by atoms with van der Waals surface area (Å²) in [6.45, 7) is 3.23. The quantitative estimate of drug-likeness (QED) is 0.114. The van der Waals surface area contributed by atoms with E-state index in [1.165, 1.54) is 30.3 Å². The fraction of sp³-hybridized carbons (Fsp3) is 0.515. The molecule has 2 aromatic carbocycles. The highest BCUT2D eigenvalue weighted by atomic mass is 19.3. The van der Waals surface area contributed by atoms with Crippen molar-refractivity contribution in [1.82, 2.24) is 0 Å². The molecule has 0 atom stereocenters. The lowest BCUT2D eigenvalue weighted by Crippen LogP contribution is -2.37. The van der Waals surface area contributed by atoms with Gasteiger partial charge in [0.25, 0.3) is 0 Å². The predicted molar refractivity (Wildman–Crippen MR) is 151 cm³/mol. The van der Waals surface area contributed by atoms with E-state index in [0.717, 1.165) is 31.9 Å². The summed E-state index contributed by atoms with van der Waals surface area (Å²) < 4.78 is 136. The Hall–Kier alpha value is -3.32. The number of allylic oxidation sites excluding steroid dienone is 1. The van der Waals surface area contributed by atoms with Crippen molar-refractivity contribution in [3.05, 3.63) is 83.8 Å². The summed E-state index contributed by atoms with van der Waals surface area (Å²) in [4.78, 5) is 0. The first-order valence-corrected chi connectivity index (χ1v) is 15.2. The Balaban J connectivity index is 1.23. The van der Waals surface area contributed by atoms with Gasteiger partial charge >= 0.3 is 18.3 Å². The number of ether oxygens (including phenoxy) is 5. The molecule has 1 aliphatic carbocycles. The second kappa shape index (κ2) is 16.0. The van der Waals surface area contributed by atoms with Gasteiger partial charge in [-0.15, -0.1) is 0 Å². The first-order chi connectivity index (χ1) is 21.9. The average molecular weight is 665 g/mol. The van der Waals surface area contributed by atoms with Crippen LogP contribution in [-0.2, 0) is 20.3 Å². The van der Waals surface area contributed by atoms with Crippen LogP contribution >= 0.6 is 0 Å². The van der Waals surface area contributed by atoms with E-state index in [9.17, 15) is 35.1 Å². The van der Waals surface area contributed by atoms with E-state index in [1.807, 2.05) is 0 Å². The zero-order chi connectivity index (χ0) is 33.3. The molecule has 0 aromatic heterocycles. The Morgan fingerprint density at radius 1 is 0.913 bits per heavy atom. The molecule has 0 bridgehead atoms. The molecule has 13 heteroatoms. The van der Waals surface area contributed by atoms with Crippen molar-refractivity contribution in [3.63, 3.8) is 0 Å². The molecule has 2 aliphatic rings. The molecule has 0 unspecified atom stereocenters. The Morgan fingerprint density at radius 2 is 1.54 bits per heavy atom. The standard InChI is InChI=1S/C33H36F8O5/c1-2-3-4-5-22-18-43-31(44-19-22)23-8-12-24(13-9-23)32(38,39)45-15-14-21-6-10-25(11-7-21)33(40,41)46-26-16-27(34)30(28(35)17-26)42-20-29(36)37/h8-9,12-17,20-22,25,31H,2-7,10-11,18-19H2,1H3. The van der Waals surface area contributed by atoms with Crippen LogP contribution in [0.3, 0.4) is 0 Å². The maximum absolute atomic E-state index is 14.8. The third kappa shape index (κ3) is 9.84. The van der Waals surface area contributed by atoms with Crippen LogP contribution in [0.1, 0.15) is 75.7 Å². The SMILES string of the molecule is CCCCCC1COC(c2ccc(C(F)(F)OC=CC3CCC(C(F)(F)Oc4cc(F)c(OC=C(F)F)c(F)c4)CC3)cc2)OC1. The molecule has 4 rings (SSSR count). The highest BCUT2D eigenvalue weighted by Gasteiger charge is 2.44. The Kier molecular flexibility index (Phi) is 12.4. The fourth-order valence-electron chi connectivity index (χ4n) is 5.42. The van der Waals surface area contributed by atoms with Gasteiger partial charge < -0.3 is 23.7 Å². The number of benzene rings is 2. The Labute approximate surface area is 262 Å². The lowest BCUT2D eigenvalue weighted by atomic mass is 9.81. The van der Waals surface area contributed by atoms with Gasteiger partial charge in [0.2, 0.25) is 0 Å². The molecule has 0 amide bonds. The molecule has 2 aromatic rings. The van der Waals surface area contributed by atoms with E-state index in [4.69, 9.17) is 14.2 Å². The van der Waals surface area contributed by atoms with Crippen molar-refractivity contribution in [2.75, 3.05) is 13.2 Å². The van der Waals surface area contributed by atoms with Gasteiger partial charge in [-0.25, -0.2) is 8.78 Å². The van der Waals surface area contributed by atoms with Gasteiger partial charge in [-0.2, -0.15) is 26.3 Å². The molecule has 0 spiro atoms. The van der Waals surface area contributed by atoms with E-state index in [2.05, 4.69) is 16.4 Å². The molecule has 1 aliphatic heterocycles. The zero-order valence-corrected chi connectivity index (χ0v) is 25.1. The van der Waals surface area contributed by atoms with E-state index >= 15 is 0 Å². The molecule has 2 fully saturated rings. The Bertz CT molecular complexity index is 1290. The highest BCUT2D eigenvalue weighted by molar-refractivity contribution is 5.35. The van der Waals surface area contributed by atoms with Crippen LogP contribution in [0, 0.1) is 29.4 Å². The van der Waals surface area contributed by atoms with Gasteiger partial charge in [-0.05, 0) is 56.2 Å². The van der Waals surface area contributed by atoms with Gasteiger partial charge in [0.05, 0.1) is 31.0 Å². The minimum atomic E-state index is -3.82. The van der Waals surface area contributed by atoms with E-state index < -0.39 is 53.6 Å². The van der Waals surface area contributed by atoms with Gasteiger partial charge in [-0.3, -0.25) is 0 Å². The van der Waals surface area contributed by atoms with Crippen LogP contribution in [0.5, 0.6) is 11.5 Å². The topological polar surface area (TPSA) is 46.2 Å². The minimum absolute atomic E-state index is 0.0720. The monoisotopic (exact) mass is 664 g/mol.